The monoisotopic (exact) mass is 484 g/mol. The Kier molecular flexibility index (Phi) is 6.16. The molecule has 1 aliphatic carbocycles. The summed E-state index contributed by atoms with van der Waals surface area (Å²) in [6.45, 7) is 2.22. The van der Waals surface area contributed by atoms with Gasteiger partial charge in [0.15, 0.2) is 0 Å². The average molecular weight is 485 g/mol. The fourth-order valence-corrected chi connectivity index (χ4v) is 4.44. The molecule has 9 heteroatoms. The first-order chi connectivity index (χ1) is 15.1. The summed E-state index contributed by atoms with van der Waals surface area (Å²) in [5.74, 6) is 0.137. The van der Waals surface area contributed by atoms with Crippen molar-refractivity contribution in [1.29, 1.82) is 0 Å². The number of halogens is 5. The topological polar surface area (TPSA) is 50.7 Å². The first-order valence-electron chi connectivity index (χ1n) is 10.2. The fourth-order valence-electron chi connectivity index (χ4n) is 3.92. The third-order valence-electron chi connectivity index (χ3n) is 6.12. The van der Waals surface area contributed by atoms with Crippen LogP contribution in [0.25, 0.3) is 0 Å². The van der Waals surface area contributed by atoms with Crippen molar-refractivity contribution in [3.8, 4) is 0 Å². The standard InChI is InChI=1S/C23H21Cl2F3N2O2/c1-13-7-15(5-6-16(13)12-29-21(31)14-3-2-4-14)20-11-22(32-30-20,23(26,27)28)17-8-18(24)10-19(25)9-17/h5-10,14H,2-4,11-12H2,1H3,(H,29,31). The predicted octanol–water partition coefficient (Wildman–Crippen LogP) is 6.30. The van der Waals surface area contributed by atoms with Gasteiger partial charge in [0.1, 0.15) is 0 Å². The van der Waals surface area contributed by atoms with Crippen LogP contribution in [0.3, 0.4) is 0 Å². The van der Waals surface area contributed by atoms with Crippen LogP contribution in [0.5, 0.6) is 0 Å². The largest absolute Gasteiger partial charge is 0.435 e. The van der Waals surface area contributed by atoms with Crippen LogP contribution in [-0.4, -0.2) is 17.8 Å². The van der Waals surface area contributed by atoms with Crippen LogP contribution < -0.4 is 5.32 Å². The molecule has 0 saturated heterocycles. The summed E-state index contributed by atoms with van der Waals surface area (Å²) >= 11 is 11.9. The number of carbonyl (C=O) groups excluding carboxylic acids is 1. The number of hydrogen-bond donors (Lipinski definition) is 1. The Hall–Kier alpha value is -2.25. The second-order valence-corrected chi connectivity index (χ2v) is 9.15. The van der Waals surface area contributed by atoms with E-state index in [1.54, 1.807) is 18.2 Å². The minimum Gasteiger partial charge on any atom is -0.374 e. The van der Waals surface area contributed by atoms with E-state index in [0.717, 1.165) is 30.4 Å². The van der Waals surface area contributed by atoms with Gasteiger partial charge in [0.05, 0.1) is 5.71 Å². The lowest BCUT2D eigenvalue weighted by molar-refractivity contribution is -0.275. The van der Waals surface area contributed by atoms with Crippen molar-refractivity contribution in [1.82, 2.24) is 5.32 Å². The van der Waals surface area contributed by atoms with E-state index < -0.39 is 18.2 Å². The van der Waals surface area contributed by atoms with Crippen molar-refractivity contribution in [2.75, 3.05) is 0 Å². The van der Waals surface area contributed by atoms with Gasteiger partial charge in [0.2, 0.25) is 5.91 Å². The number of aryl methyl sites for hydroxylation is 1. The summed E-state index contributed by atoms with van der Waals surface area (Å²) in [5, 5.41) is 6.88. The Bertz CT molecular complexity index is 1060. The number of benzene rings is 2. The molecule has 1 saturated carbocycles. The quantitative estimate of drug-likeness (QED) is 0.541. The number of nitrogens with zero attached hydrogens (tertiary/aromatic N) is 1. The number of alkyl halides is 3. The first kappa shape index (κ1) is 22.9. The molecular formula is C23H21Cl2F3N2O2. The molecule has 32 heavy (non-hydrogen) atoms. The fraction of sp³-hybridized carbons (Fsp3) is 0.391. The normalized spacial score (nSPS) is 21.0. The zero-order chi connectivity index (χ0) is 23.1. The van der Waals surface area contributed by atoms with Gasteiger partial charge < -0.3 is 10.2 Å². The summed E-state index contributed by atoms with van der Waals surface area (Å²) in [6.07, 6.45) is -2.33. The van der Waals surface area contributed by atoms with Gasteiger partial charge in [-0.2, -0.15) is 13.2 Å². The zero-order valence-electron chi connectivity index (χ0n) is 17.2. The third-order valence-corrected chi connectivity index (χ3v) is 6.56. The highest BCUT2D eigenvalue weighted by Crippen LogP contribution is 2.49. The number of hydrogen-bond acceptors (Lipinski definition) is 3. The van der Waals surface area contributed by atoms with Crippen LogP contribution in [0.15, 0.2) is 41.6 Å². The van der Waals surface area contributed by atoms with E-state index in [4.69, 9.17) is 28.0 Å². The number of carbonyl (C=O) groups is 1. The Balaban J connectivity index is 1.54. The minimum atomic E-state index is -4.74. The molecule has 4 nitrogen and oxygen atoms in total. The van der Waals surface area contributed by atoms with E-state index in [1.807, 2.05) is 6.92 Å². The van der Waals surface area contributed by atoms with Crippen LogP contribution >= 0.6 is 23.2 Å². The van der Waals surface area contributed by atoms with E-state index in [9.17, 15) is 18.0 Å². The number of amides is 1. The highest BCUT2D eigenvalue weighted by atomic mass is 35.5. The summed E-state index contributed by atoms with van der Waals surface area (Å²) in [4.78, 5) is 17.1. The van der Waals surface area contributed by atoms with Crippen molar-refractivity contribution in [2.45, 2.75) is 50.9 Å². The van der Waals surface area contributed by atoms with E-state index in [-0.39, 0.29) is 33.1 Å². The second-order valence-electron chi connectivity index (χ2n) is 8.28. The molecule has 0 radical (unpaired) electrons. The minimum absolute atomic E-state index is 0.0448. The average Bonchev–Trinajstić information content (AvgIpc) is 3.12. The Morgan fingerprint density at radius 3 is 2.44 bits per heavy atom. The van der Waals surface area contributed by atoms with Crippen molar-refractivity contribution in [2.24, 2.45) is 11.1 Å². The van der Waals surface area contributed by atoms with Crippen LogP contribution in [-0.2, 0) is 21.8 Å². The van der Waals surface area contributed by atoms with E-state index in [0.29, 0.717) is 12.1 Å². The molecule has 1 fully saturated rings. The van der Waals surface area contributed by atoms with Gasteiger partial charge in [-0.05, 0) is 60.7 Å². The smallest absolute Gasteiger partial charge is 0.374 e. The molecule has 2 aromatic rings. The lowest BCUT2D eigenvalue weighted by atomic mass is 9.84. The maximum absolute atomic E-state index is 14.1. The molecule has 0 spiro atoms. The molecule has 170 valence electrons. The highest BCUT2D eigenvalue weighted by Gasteiger charge is 2.62. The maximum Gasteiger partial charge on any atom is 0.435 e. The van der Waals surface area contributed by atoms with Crippen LogP contribution in [0.1, 0.15) is 47.9 Å². The van der Waals surface area contributed by atoms with Crippen molar-refractivity contribution in [3.63, 3.8) is 0 Å². The zero-order valence-corrected chi connectivity index (χ0v) is 18.7. The first-order valence-corrected chi connectivity index (χ1v) is 11.0. The molecule has 1 unspecified atom stereocenters. The Labute approximate surface area is 193 Å². The highest BCUT2D eigenvalue weighted by molar-refractivity contribution is 6.34. The summed E-state index contributed by atoms with van der Waals surface area (Å²) in [6, 6.07) is 8.98. The molecule has 0 aromatic heterocycles. The van der Waals surface area contributed by atoms with Crippen molar-refractivity contribution >= 4 is 34.8 Å². The van der Waals surface area contributed by atoms with Gasteiger partial charge in [-0.25, -0.2) is 0 Å². The second kappa shape index (κ2) is 8.60. The lowest BCUT2D eigenvalue weighted by Crippen LogP contribution is -2.42. The molecule has 2 aromatic carbocycles. The summed E-state index contributed by atoms with van der Waals surface area (Å²) in [5.41, 5.74) is -0.435. The molecule has 2 aliphatic rings. The SMILES string of the molecule is Cc1cc(C2=NOC(c3cc(Cl)cc(Cl)c3)(C(F)(F)F)C2)ccc1CNC(=O)C1CCC1. The van der Waals surface area contributed by atoms with E-state index in [2.05, 4.69) is 10.5 Å². The molecule has 1 atom stereocenters. The molecule has 1 amide bonds. The third kappa shape index (κ3) is 4.33. The number of rotatable bonds is 5. The van der Waals surface area contributed by atoms with Gasteiger partial charge in [-0.1, -0.05) is 46.9 Å². The molecular weight excluding hydrogens is 464 g/mol. The number of oxime groups is 1. The molecule has 1 heterocycles. The summed E-state index contributed by atoms with van der Waals surface area (Å²) in [7, 11) is 0. The van der Waals surface area contributed by atoms with Crippen LogP contribution in [0.4, 0.5) is 13.2 Å². The van der Waals surface area contributed by atoms with Crippen LogP contribution in [0, 0.1) is 12.8 Å². The maximum atomic E-state index is 14.1. The van der Waals surface area contributed by atoms with Gasteiger partial charge in [0, 0.05) is 34.5 Å². The van der Waals surface area contributed by atoms with E-state index in [1.165, 1.54) is 18.2 Å². The molecule has 0 bridgehead atoms. The molecule has 1 N–H and O–H groups in total. The van der Waals surface area contributed by atoms with Crippen molar-refractivity contribution < 1.29 is 22.8 Å². The lowest BCUT2D eigenvalue weighted by Gasteiger charge is -2.29. The summed E-state index contributed by atoms with van der Waals surface area (Å²) < 4.78 is 42.4. The van der Waals surface area contributed by atoms with Crippen LogP contribution in [0.2, 0.25) is 10.0 Å². The Morgan fingerprint density at radius 2 is 1.88 bits per heavy atom. The van der Waals surface area contributed by atoms with E-state index >= 15 is 0 Å². The van der Waals surface area contributed by atoms with Gasteiger partial charge >= 0.3 is 6.18 Å². The van der Waals surface area contributed by atoms with Gasteiger partial charge in [-0.15, -0.1) is 0 Å². The Morgan fingerprint density at radius 1 is 1.19 bits per heavy atom. The van der Waals surface area contributed by atoms with Gasteiger partial charge in [-0.3, -0.25) is 4.79 Å². The van der Waals surface area contributed by atoms with Crippen molar-refractivity contribution in [3.05, 3.63) is 68.7 Å². The van der Waals surface area contributed by atoms with Gasteiger partial charge in [0.25, 0.3) is 5.60 Å². The predicted molar refractivity (Wildman–Crippen MR) is 117 cm³/mol. The molecule has 4 rings (SSSR count). The number of nitrogens with one attached hydrogen (secondary N) is 1. The molecule has 1 aliphatic heterocycles.